The van der Waals surface area contributed by atoms with E-state index < -0.39 is 0 Å². The fraction of sp³-hybridized carbons (Fsp3) is 0.636. The van der Waals surface area contributed by atoms with E-state index in [9.17, 15) is 4.79 Å². The van der Waals surface area contributed by atoms with Crippen LogP contribution in [0, 0.1) is 5.92 Å². The SMILES string of the molecule is CN(CC1CCNCC1)C(=O)c1cncs1. The highest BCUT2D eigenvalue weighted by Crippen LogP contribution is 2.15. The van der Waals surface area contributed by atoms with Crippen molar-refractivity contribution < 1.29 is 4.79 Å². The Morgan fingerprint density at radius 2 is 2.38 bits per heavy atom. The van der Waals surface area contributed by atoms with Gasteiger partial charge < -0.3 is 10.2 Å². The predicted octanol–water partition coefficient (Wildman–Crippen LogP) is 1.21. The molecule has 1 saturated heterocycles. The highest BCUT2D eigenvalue weighted by atomic mass is 32.1. The zero-order chi connectivity index (χ0) is 11.4. The van der Waals surface area contributed by atoms with Gasteiger partial charge in [0, 0.05) is 13.6 Å². The average Bonchev–Trinajstić information content (AvgIpc) is 2.83. The lowest BCUT2D eigenvalue weighted by Gasteiger charge is -2.27. The number of carbonyl (C=O) groups is 1. The highest BCUT2D eigenvalue weighted by molar-refractivity contribution is 7.11. The summed E-state index contributed by atoms with van der Waals surface area (Å²) in [4.78, 5) is 18.4. The molecule has 0 aromatic carbocycles. The minimum Gasteiger partial charge on any atom is -0.341 e. The molecule has 1 aliphatic heterocycles. The summed E-state index contributed by atoms with van der Waals surface area (Å²) in [5.74, 6) is 0.740. The summed E-state index contributed by atoms with van der Waals surface area (Å²) in [6.45, 7) is 3.01. The number of aromatic nitrogens is 1. The van der Waals surface area contributed by atoms with Gasteiger partial charge in [-0.25, -0.2) is 0 Å². The molecule has 0 unspecified atom stereocenters. The second kappa shape index (κ2) is 5.41. The van der Waals surface area contributed by atoms with E-state index in [0.717, 1.165) is 24.5 Å². The molecule has 1 aliphatic rings. The maximum Gasteiger partial charge on any atom is 0.265 e. The van der Waals surface area contributed by atoms with E-state index in [-0.39, 0.29) is 5.91 Å². The van der Waals surface area contributed by atoms with Crippen molar-refractivity contribution in [1.82, 2.24) is 15.2 Å². The van der Waals surface area contributed by atoms with Crippen LogP contribution < -0.4 is 5.32 Å². The second-order valence-electron chi connectivity index (χ2n) is 4.24. The van der Waals surface area contributed by atoms with Crippen molar-refractivity contribution in [2.75, 3.05) is 26.7 Å². The van der Waals surface area contributed by atoms with Crippen molar-refractivity contribution in [2.45, 2.75) is 12.8 Å². The molecule has 0 bridgehead atoms. The zero-order valence-electron chi connectivity index (χ0n) is 9.48. The molecule has 4 nitrogen and oxygen atoms in total. The van der Waals surface area contributed by atoms with Crippen LogP contribution in [0.1, 0.15) is 22.5 Å². The largest absolute Gasteiger partial charge is 0.341 e. The van der Waals surface area contributed by atoms with Gasteiger partial charge in [0.05, 0.1) is 11.7 Å². The van der Waals surface area contributed by atoms with E-state index in [1.165, 1.54) is 24.2 Å². The fourth-order valence-corrected chi connectivity index (χ4v) is 2.66. The van der Waals surface area contributed by atoms with Gasteiger partial charge in [-0.3, -0.25) is 9.78 Å². The predicted molar refractivity (Wildman–Crippen MR) is 64.7 cm³/mol. The molecule has 1 aromatic heterocycles. The number of rotatable bonds is 3. The monoisotopic (exact) mass is 239 g/mol. The Balaban J connectivity index is 1.87. The van der Waals surface area contributed by atoms with Crippen molar-refractivity contribution in [1.29, 1.82) is 0 Å². The topological polar surface area (TPSA) is 45.2 Å². The molecule has 0 radical (unpaired) electrons. The first-order valence-electron chi connectivity index (χ1n) is 5.62. The van der Waals surface area contributed by atoms with Gasteiger partial charge in [-0.1, -0.05) is 0 Å². The molecule has 88 valence electrons. The number of thiazole rings is 1. The minimum absolute atomic E-state index is 0.0982. The van der Waals surface area contributed by atoms with E-state index >= 15 is 0 Å². The van der Waals surface area contributed by atoms with Gasteiger partial charge in [0.15, 0.2) is 0 Å². The van der Waals surface area contributed by atoms with Gasteiger partial charge in [0.1, 0.15) is 4.88 Å². The minimum atomic E-state index is 0.0982. The van der Waals surface area contributed by atoms with Crippen molar-refractivity contribution >= 4 is 17.2 Å². The third-order valence-corrected chi connectivity index (χ3v) is 3.74. The van der Waals surface area contributed by atoms with Gasteiger partial charge in [-0.05, 0) is 31.8 Å². The number of hydrogen-bond acceptors (Lipinski definition) is 4. The molecule has 0 saturated carbocycles. The lowest BCUT2D eigenvalue weighted by Crippen LogP contribution is -2.37. The van der Waals surface area contributed by atoms with E-state index in [2.05, 4.69) is 10.3 Å². The summed E-state index contributed by atoms with van der Waals surface area (Å²) < 4.78 is 0. The number of nitrogens with one attached hydrogen (secondary N) is 1. The first-order valence-corrected chi connectivity index (χ1v) is 6.50. The Kier molecular flexibility index (Phi) is 3.90. The summed E-state index contributed by atoms with van der Waals surface area (Å²) >= 11 is 1.41. The fourth-order valence-electron chi connectivity index (χ4n) is 2.04. The van der Waals surface area contributed by atoms with E-state index in [4.69, 9.17) is 0 Å². The Labute approximate surface area is 99.7 Å². The highest BCUT2D eigenvalue weighted by Gasteiger charge is 2.19. The van der Waals surface area contributed by atoms with Crippen LogP contribution in [0.2, 0.25) is 0 Å². The molecule has 16 heavy (non-hydrogen) atoms. The van der Waals surface area contributed by atoms with Gasteiger partial charge >= 0.3 is 0 Å². The Bertz CT molecular complexity index is 333. The van der Waals surface area contributed by atoms with Crippen LogP contribution >= 0.6 is 11.3 Å². The van der Waals surface area contributed by atoms with Gasteiger partial charge in [-0.2, -0.15) is 0 Å². The molecule has 1 aromatic rings. The molecule has 2 rings (SSSR count). The van der Waals surface area contributed by atoms with E-state index in [1.807, 2.05) is 11.9 Å². The molecule has 1 fully saturated rings. The molecule has 0 atom stereocenters. The van der Waals surface area contributed by atoms with Crippen molar-refractivity contribution in [3.63, 3.8) is 0 Å². The number of nitrogens with zero attached hydrogens (tertiary/aromatic N) is 2. The Morgan fingerprint density at radius 1 is 1.62 bits per heavy atom. The first kappa shape index (κ1) is 11.5. The maximum absolute atomic E-state index is 12.0. The smallest absolute Gasteiger partial charge is 0.265 e. The van der Waals surface area contributed by atoms with Gasteiger partial charge in [-0.15, -0.1) is 11.3 Å². The molecule has 0 spiro atoms. The molecule has 2 heterocycles. The molecule has 1 amide bonds. The summed E-state index contributed by atoms with van der Waals surface area (Å²) in [6, 6.07) is 0. The van der Waals surface area contributed by atoms with Crippen molar-refractivity contribution in [3.8, 4) is 0 Å². The summed E-state index contributed by atoms with van der Waals surface area (Å²) in [7, 11) is 1.88. The molecule has 1 N–H and O–H groups in total. The molecular weight excluding hydrogens is 222 g/mol. The van der Waals surface area contributed by atoms with Crippen LogP contribution in [0.5, 0.6) is 0 Å². The van der Waals surface area contributed by atoms with Crippen LogP contribution in [0.4, 0.5) is 0 Å². The molecule has 0 aliphatic carbocycles. The number of carbonyl (C=O) groups excluding carboxylic acids is 1. The summed E-state index contributed by atoms with van der Waals surface area (Å²) in [5, 5.41) is 3.33. The Hall–Kier alpha value is -0.940. The van der Waals surface area contributed by atoms with Gasteiger partial charge in [0.2, 0.25) is 0 Å². The standard InChI is InChI=1S/C11H17N3OS/c1-14(7-9-2-4-12-5-3-9)11(15)10-6-13-8-16-10/h6,8-9,12H,2-5,7H2,1H3. The summed E-state index contributed by atoms with van der Waals surface area (Å²) in [5.41, 5.74) is 1.70. The van der Waals surface area contributed by atoms with E-state index in [1.54, 1.807) is 11.7 Å². The van der Waals surface area contributed by atoms with E-state index in [0.29, 0.717) is 5.92 Å². The summed E-state index contributed by atoms with van der Waals surface area (Å²) in [6.07, 6.45) is 3.98. The third-order valence-electron chi connectivity index (χ3n) is 2.98. The lowest BCUT2D eigenvalue weighted by molar-refractivity contribution is 0.0767. The van der Waals surface area contributed by atoms with Crippen LogP contribution in [-0.4, -0.2) is 42.5 Å². The van der Waals surface area contributed by atoms with Crippen LogP contribution in [0.15, 0.2) is 11.7 Å². The quantitative estimate of drug-likeness (QED) is 0.862. The normalized spacial score (nSPS) is 17.3. The number of amides is 1. The van der Waals surface area contributed by atoms with Crippen molar-refractivity contribution in [2.24, 2.45) is 5.92 Å². The van der Waals surface area contributed by atoms with Crippen LogP contribution in [0.25, 0.3) is 0 Å². The maximum atomic E-state index is 12.0. The average molecular weight is 239 g/mol. The third kappa shape index (κ3) is 2.80. The van der Waals surface area contributed by atoms with Crippen molar-refractivity contribution in [3.05, 3.63) is 16.6 Å². The number of hydrogen-bond donors (Lipinski definition) is 1. The van der Waals surface area contributed by atoms with Gasteiger partial charge in [0.25, 0.3) is 5.91 Å². The second-order valence-corrected chi connectivity index (χ2v) is 5.13. The molecular formula is C11H17N3OS. The Morgan fingerprint density at radius 3 is 3.00 bits per heavy atom. The lowest BCUT2D eigenvalue weighted by atomic mass is 9.98. The van der Waals surface area contributed by atoms with Crippen LogP contribution in [-0.2, 0) is 0 Å². The van der Waals surface area contributed by atoms with Crippen LogP contribution in [0.3, 0.4) is 0 Å². The molecule has 5 heteroatoms. The first-order chi connectivity index (χ1) is 7.77. The number of piperidine rings is 1. The zero-order valence-corrected chi connectivity index (χ0v) is 10.3.